The number of carbonyl (C=O) groups excluding carboxylic acids is 2. The van der Waals surface area contributed by atoms with Gasteiger partial charge in [0.2, 0.25) is 0 Å². The Balaban J connectivity index is 2.59. The topological polar surface area (TPSA) is 106 Å². The van der Waals surface area contributed by atoms with E-state index < -0.39 is 17.8 Å². The van der Waals surface area contributed by atoms with E-state index in [4.69, 9.17) is 5.11 Å². The molecular weight excluding hydrogens is 260 g/mol. The van der Waals surface area contributed by atoms with Gasteiger partial charge in [-0.05, 0) is 13.8 Å². The third kappa shape index (κ3) is 3.52. The van der Waals surface area contributed by atoms with E-state index in [9.17, 15) is 14.4 Å². The molecule has 0 radical (unpaired) electrons. The number of rotatable bonds is 4. The van der Waals surface area contributed by atoms with Crippen molar-refractivity contribution < 1.29 is 24.2 Å². The summed E-state index contributed by atoms with van der Waals surface area (Å²) in [5.74, 6) is -2.90. The van der Waals surface area contributed by atoms with Crippen LogP contribution in [0, 0.1) is 6.92 Å². The van der Waals surface area contributed by atoms with Crippen LogP contribution in [0.4, 0.5) is 0 Å². The van der Waals surface area contributed by atoms with Gasteiger partial charge in [0.05, 0.1) is 18.8 Å². The average Bonchev–Trinajstić information content (AvgIpc) is 2.68. The van der Waals surface area contributed by atoms with Gasteiger partial charge in [0.25, 0.3) is 0 Å². The van der Waals surface area contributed by atoms with Crippen molar-refractivity contribution in [3.8, 4) is 0 Å². The number of carbonyl (C=O) groups is 3. The Hall–Kier alpha value is -1.96. The molecule has 0 saturated heterocycles. The second kappa shape index (κ2) is 6.10. The summed E-state index contributed by atoms with van der Waals surface area (Å²) in [7, 11) is 0. The fourth-order valence-electron chi connectivity index (χ4n) is 1.15. The summed E-state index contributed by atoms with van der Waals surface area (Å²) >= 11 is 0.957. The number of esters is 1. The first-order chi connectivity index (χ1) is 8.45. The molecule has 7 nitrogen and oxygen atoms in total. The Kier molecular flexibility index (Phi) is 4.78. The lowest BCUT2D eigenvalue weighted by atomic mass is 10.4. The summed E-state index contributed by atoms with van der Waals surface area (Å²) < 4.78 is 4.50. The molecule has 0 unspecified atom stereocenters. The molecule has 0 atom stereocenters. The molecule has 0 spiro atoms. The Bertz CT molecular complexity index is 483. The molecule has 1 aromatic rings. The second-order valence-corrected chi connectivity index (χ2v) is 4.31. The summed E-state index contributed by atoms with van der Waals surface area (Å²) in [5, 5.41) is 11.5. The van der Waals surface area contributed by atoms with E-state index in [1.807, 2.05) is 0 Å². The van der Waals surface area contributed by atoms with Gasteiger partial charge in [-0.15, -0.1) is 11.3 Å². The third-order valence-corrected chi connectivity index (χ3v) is 3.04. The van der Waals surface area contributed by atoms with Crippen LogP contribution < -0.4 is 5.32 Å². The largest absolute Gasteiger partial charge is 0.477 e. The average molecular weight is 272 g/mol. The Morgan fingerprint density at radius 3 is 2.61 bits per heavy atom. The van der Waals surface area contributed by atoms with Gasteiger partial charge in [-0.3, -0.25) is 4.79 Å². The summed E-state index contributed by atoms with van der Waals surface area (Å²) in [6.45, 7) is 3.27. The lowest BCUT2D eigenvalue weighted by Gasteiger charge is -2.01. The maximum absolute atomic E-state index is 11.2. The molecular formula is C10H12N2O5S. The maximum atomic E-state index is 11.2. The molecule has 0 aromatic carbocycles. The van der Waals surface area contributed by atoms with Crippen LogP contribution in [0.5, 0.6) is 0 Å². The molecule has 1 rings (SSSR count). The van der Waals surface area contributed by atoms with Crippen LogP contribution in [0.15, 0.2) is 0 Å². The number of amides is 1. The summed E-state index contributed by atoms with van der Waals surface area (Å²) in [6.07, 6.45) is 0. The standard InChI is InChI=1S/C10H12N2O5S/c1-3-17-10(16)8(13)11-4-6-12-5(2)7(18-6)9(14)15/h3-4H2,1-2H3,(H,11,13)(H,14,15). The van der Waals surface area contributed by atoms with E-state index in [0.717, 1.165) is 11.3 Å². The van der Waals surface area contributed by atoms with Crippen LogP contribution in [0.1, 0.15) is 27.3 Å². The third-order valence-electron chi connectivity index (χ3n) is 1.90. The zero-order chi connectivity index (χ0) is 13.7. The number of aromatic nitrogens is 1. The minimum absolute atomic E-state index is 0.00354. The van der Waals surface area contributed by atoms with Gasteiger partial charge in [0, 0.05) is 0 Å². The fraction of sp³-hybridized carbons (Fsp3) is 0.400. The first kappa shape index (κ1) is 14.1. The smallest absolute Gasteiger partial charge is 0.396 e. The van der Waals surface area contributed by atoms with E-state index in [-0.39, 0.29) is 18.0 Å². The van der Waals surface area contributed by atoms with Gasteiger partial charge in [-0.2, -0.15) is 0 Å². The molecule has 2 N–H and O–H groups in total. The molecule has 98 valence electrons. The van der Waals surface area contributed by atoms with E-state index in [0.29, 0.717) is 10.7 Å². The minimum atomic E-state index is -1.06. The van der Waals surface area contributed by atoms with E-state index in [1.165, 1.54) is 0 Å². The van der Waals surface area contributed by atoms with Gasteiger partial charge >= 0.3 is 17.8 Å². The quantitative estimate of drug-likeness (QED) is 0.604. The van der Waals surface area contributed by atoms with Crippen LogP contribution in [-0.2, 0) is 20.9 Å². The van der Waals surface area contributed by atoms with Gasteiger partial charge in [0.15, 0.2) is 0 Å². The summed E-state index contributed by atoms with van der Waals surface area (Å²) in [4.78, 5) is 37.1. The highest BCUT2D eigenvalue weighted by Crippen LogP contribution is 2.17. The highest BCUT2D eigenvalue weighted by Gasteiger charge is 2.17. The fourth-order valence-corrected chi connectivity index (χ4v) is 1.99. The van der Waals surface area contributed by atoms with Crippen molar-refractivity contribution in [2.75, 3.05) is 6.61 Å². The molecule has 1 aromatic heterocycles. The zero-order valence-electron chi connectivity index (χ0n) is 9.85. The lowest BCUT2D eigenvalue weighted by molar-refractivity contribution is -0.154. The van der Waals surface area contributed by atoms with Crippen molar-refractivity contribution >= 4 is 29.2 Å². The number of nitrogens with one attached hydrogen (secondary N) is 1. The number of hydrogen-bond acceptors (Lipinski definition) is 6. The Labute approximate surface area is 107 Å². The Morgan fingerprint density at radius 1 is 1.44 bits per heavy atom. The van der Waals surface area contributed by atoms with Crippen molar-refractivity contribution in [1.29, 1.82) is 0 Å². The monoisotopic (exact) mass is 272 g/mol. The highest BCUT2D eigenvalue weighted by molar-refractivity contribution is 7.13. The molecule has 0 aliphatic carbocycles. The van der Waals surface area contributed by atoms with Crippen molar-refractivity contribution in [3.05, 3.63) is 15.6 Å². The van der Waals surface area contributed by atoms with Crippen molar-refractivity contribution in [2.24, 2.45) is 0 Å². The second-order valence-electron chi connectivity index (χ2n) is 3.23. The van der Waals surface area contributed by atoms with Crippen molar-refractivity contribution in [3.63, 3.8) is 0 Å². The highest BCUT2D eigenvalue weighted by atomic mass is 32.1. The summed E-state index contributed by atoms with van der Waals surface area (Å²) in [6, 6.07) is 0. The van der Waals surface area contributed by atoms with Crippen molar-refractivity contribution in [2.45, 2.75) is 20.4 Å². The zero-order valence-corrected chi connectivity index (χ0v) is 10.7. The molecule has 18 heavy (non-hydrogen) atoms. The summed E-state index contributed by atoms with van der Waals surface area (Å²) in [5.41, 5.74) is 0.382. The van der Waals surface area contributed by atoms with Crippen molar-refractivity contribution in [1.82, 2.24) is 10.3 Å². The molecule has 8 heteroatoms. The Morgan fingerprint density at radius 2 is 2.11 bits per heavy atom. The SMILES string of the molecule is CCOC(=O)C(=O)NCc1nc(C)c(C(=O)O)s1. The molecule has 0 aliphatic heterocycles. The number of carboxylic acids is 1. The molecule has 0 fully saturated rings. The van der Waals surface area contributed by atoms with Crippen LogP contribution in [0.2, 0.25) is 0 Å². The van der Waals surface area contributed by atoms with Gasteiger partial charge in [-0.1, -0.05) is 0 Å². The predicted molar refractivity (Wildman–Crippen MR) is 62.3 cm³/mol. The van der Waals surface area contributed by atoms with Crippen LogP contribution >= 0.6 is 11.3 Å². The number of hydrogen-bond donors (Lipinski definition) is 2. The van der Waals surface area contributed by atoms with Crippen LogP contribution in [0.3, 0.4) is 0 Å². The van der Waals surface area contributed by atoms with E-state index in [2.05, 4.69) is 15.0 Å². The number of nitrogens with zero attached hydrogens (tertiary/aromatic N) is 1. The maximum Gasteiger partial charge on any atom is 0.396 e. The number of aryl methyl sites for hydroxylation is 1. The molecule has 1 heterocycles. The number of carboxylic acid groups (broad SMARTS) is 1. The van der Waals surface area contributed by atoms with Gasteiger partial charge < -0.3 is 15.2 Å². The van der Waals surface area contributed by atoms with E-state index in [1.54, 1.807) is 13.8 Å². The number of aromatic carboxylic acids is 1. The van der Waals surface area contributed by atoms with E-state index >= 15 is 0 Å². The first-order valence-electron chi connectivity index (χ1n) is 5.10. The van der Waals surface area contributed by atoms with Gasteiger partial charge in [-0.25, -0.2) is 14.6 Å². The first-order valence-corrected chi connectivity index (χ1v) is 5.91. The van der Waals surface area contributed by atoms with Crippen LogP contribution in [0.25, 0.3) is 0 Å². The van der Waals surface area contributed by atoms with Crippen LogP contribution in [-0.4, -0.2) is 34.5 Å². The molecule has 1 amide bonds. The molecule has 0 bridgehead atoms. The number of thiazole rings is 1. The minimum Gasteiger partial charge on any atom is -0.477 e. The lowest BCUT2D eigenvalue weighted by Crippen LogP contribution is -2.32. The number of ether oxygens (including phenoxy) is 1. The predicted octanol–water partition coefficient (Wildman–Crippen LogP) is 0.329. The normalized spacial score (nSPS) is 9.89. The molecule has 0 aliphatic rings. The van der Waals surface area contributed by atoms with Gasteiger partial charge in [0.1, 0.15) is 9.88 Å². The molecule has 0 saturated carbocycles.